The Bertz CT molecular complexity index is 479. The zero-order chi connectivity index (χ0) is 13.1. The monoisotopic (exact) mass is 248 g/mol. The van der Waals surface area contributed by atoms with Crippen LogP contribution >= 0.6 is 0 Å². The number of aryl methyl sites for hydroxylation is 1. The van der Waals surface area contributed by atoms with Gasteiger partial charge in [-0.15, -0.1) is 0 Å². The van der Waals surface area contributed by atoms with Crippen molar-refractivity contribution < 1.29 is 19.4 Å². The van der Waals surface area contributed by atoms with Crippen molar-refractivity contribution in [2.75, 3.05) is 0 Å². The van der Waals surface area contributed by atoms with E-state index in [0.717, 1.165) is 24.8 Å². The van der Waals surface area contributed by atoms with Crippen LogP contribution in [0, 0.1) is 0 Å². The van der Waals surface area contributed by atoms with Crippen LogP contribution < -0.4 is 0 Å². The first-order chi connectivity index (χ1) is 8.58. The third kappa shape index (κ3) is 2.70. The van der Waals surface area contributed by atoms with Crippen LogP contribution in [0.25, 0.3) is 0 Å². The maximum atomic E-state index is 12.3. The zero-order valence-corrected chi connectivity index (χ0v) is 10.3. The van der Waals surface area contributed by atoms with E-state index in [-0.39, 0.29) is 11.5 Å². The van der Waals surface area contributed by atoms with Gasteiger partial charge >= 0.3 is 5.97 Å². The standard InChI is InChI=1S/C14H16O4/c1-9(15)18-13-5-3-2-4-10-8-11(16)6-7-12(10)14(13)17/h6-8,13,16H,2-5H2,1H3. The molecule has 0 fully saturated rings. The molecule has 1 unspecified atom stereocenters. The van der Waals surface area contributed by atoms with Crippen molar-refractivity contribution in [1.82, 2.24) is 0 Å². The van der Waals surface area contributed by atoms with Crippen molar-refractivity contribution in [3.8, 4) is 5.75 Å². The summed E-state index contributed by atoms with van der Waals surface area (Å²) in [6, 6.07) is 4.71. The Morgan fingerprint density at radius 2 is 2.17 bits per heavy atom. The van der Waals surface area contributed by atoms with Crippen molar-refractivity contribution in [1.29, 1.82) is 0 Å². The first-order valence-electron chi connectivity index (χ1n) is 6.11. The van der Waals surface area contributed by atoms with Crippen LogP contribution in [0.3, 0.4) is 0 Å². The first kappa shape index (κ1) is 12.6. The molecule has 1 aromatic carbocycles. The average Bonchev–Trinajstić information content (AvgIpc) is 2.30. The number of ketones is 1. The molecule has 4 nitrogen and oxygen atoms in total. The van der Waals surface area contributed by atoms with E-state index in [4.69, 9.17) is 4.74 Å². The summed E-state index contributed by atoms with van der Waals surface area (Å²) in [5.74, 6) is -0.444. The van der Waals surface area contributed by atoms with Gasteiger partial charge in [0, 0.05) is 12.5 Å². The van der Waals surface area contributed by atoms with Gasteiger partial charge in [-0.05, 0) is 49.4 Å². The molecule has 1 N–H and O–H groups in total. The maximum Gasteiger partial charge on any atom is 0.303 e. The molecule has 96 valence electrons. The second kappa shape index (κ2) is 5.21. The molecule has 0 bridgehead atoms. The lowest BCUT2D eigenvalue weighted by molar-refractivity contribution is -0.144. The summed E-state index contributed by atoms with van der Waals surface area (Å²) in [5.41, 5.74) is 1.38. The maximum absolute atomic E-state index is 12.3. The van der Waals surface area contributed by atoms with E-state index in [1.807, 2.05) is 0 Å². The lowest BCUT2D eigenvalue weighted by atomic mass is 9.90. The highest BCUT2D eigenvalue weighted by atomic mass is 16.5. The second-order valence-electron chi connectivity index (χ2n) is 4.55. The SMILES string of the molecule is CC(=O)OC1CCCCc2cc(O)ccc2C1=O. The predicted octanol–water partition coefficient (Wildman–Crippen LogP) is 2.23. The quantitative estimate of drug-likeness (QED) is 0.774. The van der Waals surface area contributed by atoms with Crippen LogP contribution in [-0.4, -0.2) is 23.0 Å². The number of Topliss-reactive ketones (excluding diaryl/α,β-unsaturated/α-hetero) is 1. The number of rotatable bonds is 1. The highest BCUT2D eigenvalue weighted by molar-refractivity contribution is 6.01. The van der Waals surface area contributed by atoms with Gasteiger partial charge in [0.05, 0.1) is 0 Å². The zero-order valence-electron chi connectivity index (χ0n) is 10.3. The third-order valence-corrected chi connectivity index (χ3v) is 3.12. The molecule has 4 heteroatoms. The molecule has 1 aromatic rings. The fourth-order valence-electron chi connectivity index (χ4n) is 2.29. The van der Waals surface area contributed by atoms with Crippen molar-refractivity contribution in [2.45, 2.75) is 38.7 Å². The minimum absolute atomic E-state index is 0.158. The van der Waals surface area contributed by atoms with E-state index in [1.54, 1.807) is 12.1 Å². The Kier molecular flexibility index (Phi) is 3.65. The van der Waals surface area contributed by atoms with E-state index in [2.05, 4.69) is 0 Å². The highest BCUT2D eigenvalue weighted by Crippen LogP contribution is 2.25. The molecule has 1 atom stereocenters. The van der Waals surface area contributed by atoms with E-state index < -0.39 is 12.1 Å². The number of hydrogen-bond donors (Lipinski definition) is 1. The molecule has 0 saturated carbocycles. The number of carbonyl (C=O) groups is 2. The Labute approximate surface area is 106 Å². The number of fused-ring (bicyclic) bond motifs is 1. The molecule has 0 amide bonds. The number of esters is 1. The normalized spacial score (nSPS) is 19.6. The summed E-state index contributed by atoms with van der Waals surface area (Å²) >= 11 is 0. The Morgan fingerprint density at radius 3 is 2.89 bits per heavy atom. The van der Waals surface area contributed by atoms with Crippen LogP contribution in [0.4, 0.5) is 0 Å². The molecule has 0 aromatic heterocycles. The topological polar surface area (TPSA) is 63.6 Å². The highest BCUT2D eigenvalue weighted by Gasteiger charge is 2.26. The molecular formula is C14H16O4. The second-order valence-corrected chi connectivity index (χ2v) is 4.55. The minimum Gasteiger partial charge on any atom is -0.508 e. The minimum atomic E-state index is -0.689. The molecule has 0 heterocycles. The molecule has 0 saturated heterocycles. The van der Waals surface area contributed by atoms with Gasteiger partial charge in [-0.3, -0.25) is 9.59 Å². The van der Waals surface area contributed by atoms with Gasteiger partial charge in [0.15, 0.2) is 6.10 Å². The van der Waals surface area contributed by atoms with E-state index in [9.17, 15) is 14.7 Å². The van der Waals surface area contributed by atoms with Crippen LogP contribution in [0.5, 0.6) is 5.75 Å². The lowest BCUT2D eigenvalue weighted by Gasteiger charge is -2.20. The summed E-state index contributed by atoms with van der Waals surface area (Å²) in [6.07, 6.45) is 2.40. The van der Waals surface area contributed by atoms with Crippen molar-refractivity contribution in [3.63, 3.8) is 0 Å². The number of phenolic OH excluding ortho intramolecular Hbond substituents is 1. The summed E-state index contributed by atoms with van der Waals surface area (Å²) < 4.78 is 5.08. The van der Waals surface area contributed by atoms with Crippen LogP contribution in [-0.2, 0) is 16.0 Å². The van der Waals surface area contributed by atoms with E-state index in [1.165, 1.54) is 13.0 Å². The number of benzene rings is 1. The van der Waals surface area contributed by atoms with Crippen LogP contribution in [0.2, 0.25) is 0 Å². The molecule has 0 aliphatic heterocycles. The van der Waals surface area contributed by atoms with Crippen molar-refractivity contribution >= 4 is 11.8 Å². The Balaban J connectivity index is 2.34. The van der Waals surface area contributed by atoms with Gasteiger partial charge in [0.1, 0.15) is 5.75 Å². The third-order valence-electron chi connectivity index (χ3n) is 3.12. The fraction of sp³-hybridized carbons (Fsp3) is 0.429. The van der Waals surface area contributed by atoms with Gasteiger partial charge in [-0.25, -0.2) is 0 Å². The molecule has 0 spiro atoms. The van der Waals surface area contributed by atoms with Crippen LogP contribution in [0.1, 0.15) is 42.1 Å². The number of aromatic hydroxyl groups is 1. The predicted molar refractivity (Wildman–Crippen MR) is 65.5 cm³/mol. The number of phenols is 1. The summed E-state index contributed by atoms with van der Waals surface area (Å²) in [4.78, 5) is 23.3. The molecule has 2 rings (SSSR count). The first-order valence-corrected chi connectivity index (χ1v) is 6.11. The molecule has 1 aliphatic rings. The van der Waals surface area contributed by atoms with E-state index in [0.29, 0.717) is 12.0 Å². The number of ether oxygens (including phenoxy) is 1. The molecule has 1 aliphatic carbocycles. The van der Waals surface area contributed by atoms with Gasteiger partial charge in [-0.1, -0.05) is 0 Å². The smallest absolute Gasteiger partial charge is 0.303 e. The lowest BCUT2D eigenvalue weighted by Crippen LogP contribution is -2.28. The number of carbonyl (C=O) groups excluding carboxylic acids is 2. The Morgan fingerprint density at radius 1 is 1.39 bits per heavy atom. The summed E-state index contributed by atoms with van der Waals surface area (Å²) in [5, 5.41) is 9.45. The van der Waals surface area contributed by atoms with Gasteiger partial charge in [0.25, 0.3) is 0 Å². The van der Waals surface area contributed by atoms with Crippen molar-refractivity contribution in [2.24, 2.45) is 0 Å². The van der Waals surface area contributed by atoms with Crippen LogP contribution in [0.15, 0.2) is 18.2 Å². The Hall–Kier alpha value is -1.84. The van der Waals surface area contributed by atoms with Gasteiger partial charge < -0.3 is 9.84 Å². The molecule has 18 heavy (non-hydrogen) atoms. The molecule has 0 radical (unpaired) electrons. The van der Waals surface area contributed by atoms with E-state index >= 15 is 0 Å². The largest absolute Gasteiger partial charge is 0.508 e. The van der Waals surface area contributed by atoms with Gasteiger partial charge in [-0.2, -0.15) is 0 Å². The molecular weight excluding hydrogens is 232 g/mol. The summed E-state index contributed by atoms with van der Waals surface area (Å²) in [6.45, 7) is 1.31. The summed E-state index contributed by atoms with van der Waals surface area (Å²) in [7, 11) is 0. The van der Waals surface area contributed by atoms with Crippen molar-refractivity contribution in [3.05, 3.63) is 29.3 Å². The fourth-order valence-corrected chi connectivity index (χ4v) is 2.29. The van der Waals surface area contributed by atoms with Gasteiger partial charge in [0.2, 0.25) is 5.78 Å². The average molecular weight is 248 g/mol. The number of hydrogen-bond acceptors (Lipinski definition) is 4.